The Balaban J connectivity index is 1.89. The molecule has 18 heavy (non-hydrogen) atoms. The van der Waals surface area contributed by atoms with Crippen LogP contribution in [0.2, 0.25) is 0 Å². The Hall–Kier alpha value is -1.88. The monoisotopic (exact) mass is 262 g/mol. The summed E-state index contributed by atoms with van der Waals surface area (Å²) in [7, 11) is 1.63. The maximum Gasteiger partial charge on any atom is 0.226 e. The maximum absolute atomic E-state index is 11.7. The lowest BCUT2D eigenvalue weighted by Gasteiger charge is -2.07. The molecule has 0 saturated heterocycles. The van der Waals surface area contributed by atoms with Crippen molar-refractivity contribution < 1.29 is 9.53 Å². The largest absolute Gasteiger partial charge is 0.496 e. The van der Waals surface area contributed by atoms with E-state index in [0.717, 1.165) is 11.3 Å². The number of amides is 1. The fourth-order valence-electron chi connectivity index (χ4n) is 1.62. The van der Waals surface area contributed by atoms with E-state index >= 15 is 0 Å². The third-order valence-corrected chi connectivity index (χ3v) is 3.18. The quantitative estimate of drug-likeness (QED) is 0.901. The second-order valence-corrected chi connectivity index (χ2v) is 4.59. The highest BCUT2D eigenvalue weighted by Gasteiger charge is 2.07. The molecule has 1 amide bonds. The van der Waals surface area contributed by atoms with Crippen LogP contribution >= 0.6 is 11.3 Å². The molecule has 0 unspecified atom stereocenters. The number of carbonyl (C=O) groups excluding carboxylic acids is 1. The lowest BCUT2D eigenvalue weighted by Crippen LogP contribution is -2.12. The third-order valence-electron chi connectivity index (χ3n) is 2.49. The van der Waals surface area contributed by atoms with Gasteiger partial charge in [0.1, 0.15) is 5.75 Å². The zero-order valence-electron chi connectivity index (χ0n) is 10.1. The summed E-state index contributed by atoms with van der Waals surface area (Å²) in [6, 6.07) is 7.72. The van der Waals surface area contributed by atoms with Crippen LogP contribution in [0.25, 0.3) is 0 Å². The van der Waals surface area contributed by atoms with Gasteiger partial charge in [-0.1, -0.05) is 18.2 Å². The Kier molecular flexibility index (Phi) is 4.30. The molecular weight excluding hydrogens is 248 g/mol. The summed E-state index contributed by atoms with van der Waals surface area (Å²) in [4.78, 5) is 15.7. The lowest BCUT2D eigenvalue weighted by molar-refractivity contribution is -0.116. The smallest absolute Gasteiger partial charge is 0.226 e. The molecular formula is C13H14N2O2S. The lowest BCUT2D eigenvalue weighted by atomic mass is 10.1. The molecule has 0 aliphatic heterocycles. The van der Waals surface area contributed by atoms with Gasteiger partial charge in [-0.3, -0.25) is 4.79 Å². The van der Waals surface area contributed by atoms with Crippen LogP contribution in [0, 0.1) is 0 Å². The summed E-state index contributed by atoms with van der Waals surface area (Å²) >= 11 is 1.41. The zero-order chi connectivity index (χ0) is 12.8. The van der Waals surface area contributed by atoms with Crippen molar-refractivity contribution in [3.8, 4) is 5.75 Å². The van der Waals surface area contributed by atoms with Gasteiger partial charge in [0, 0.05) is 18.0 Å². The number of aromatic nitrogens is 1. The number of hydrogen-bond donors (Lipinski definition) is 1. The van der Waals surface area contributed by atoms with Crippen molar-refractivity contribution in [1.29, 1.82) is 0 Å². The van der Waals surface area contributed by atoms with E-state index in [-0.39, 0.29) is 5.91 Å². The highest BCUT2D eigenvalue weighted by atomic mass is 32.1. The standard InChI is InChI=1S/C13H14N2O2S/c1-17-11-5-3-2-4-10(11)6-7-12(16)15-13-14-8-9-18-13/h2-5,8-9H,6-7H2,1H3,(H,14,15,16). The molecule has 2 rings (SSSR count). The molecule has 1 N–H and O–H groups in total. The van der Waals surface area contributed by atoms with Gasteiger partial charge in [-0.25, -0.2) is 4.98 Å². The first-order valence-electron chi connectivity index (χ1n) is 5.61. The number of ether oxygens (including phenoxy) is 1. The first kappa shape index (κ1) is 12.6. The van der Waals surface area contributed by atoms with E-state index in [2.05, 4.69) is 10.3 Å². The van der Waals surface area contributed by atoms with E-state index in [0.29, 0.717) is 18.0 Å². The molecule has 0 aliphatic carbocycles. The molecule has 0 fully saturated rings. The van der Waals surface area contributed by atoms with Crippen molar-refractivity contribution >= 4 is 22.4 Å². The topological polar surface area (TPSA) is 51.2 Å². The number of nitrogens with zero attached hydrogens (tertiary/aromatic N) is 1. The Bertz CT molecular complexity index is 511. The van der Waals surface area contributed by atoms with Gasteiger partial charge in [0.2, 0.25) is 5.91 Å². The molecule has 5 heteroatoms. The van der Waals surface area contributed by atoms with E-state index in [1.807, 2.05) is 29.6 Å². The molecule has 0 atom stereocenters. The Morgan fingerprint density at radius 2 is 2.28 bits per heavy atom. The first-order valence-corrected chi connectivity index (χ1v) is 6.49. The third kappa shape index (κ3) is 3.30. The van der Waals surface area contributed by atoms with E-state index in [1.54, 1.807) is 13.3 Å². The van der Waals surface area contributed by atoms with Crippen molar-refractivity contribution in [1.82, 2.24) is 4.98 Å². The highest BCUT2D eigenvalue weighted by molar-refractivity contribution is 7.13. The number of carbonyl (C=O) groups is 1. The molecule has 4 nitrogen and oxygen atoms in total. The normalized spacial score (nSPS) is 10.1. The summed E-state index contributed by atoms with van der Waals surface area (Å²) < 4.78 is 5.24. The SMILES string of the molecule is COc1ccccc1CCC(=O)Nc1nccs1. The maximum atomic E-state index is 11.7. The molecule has 1 heterocycles. The Morgan fingerprint density at radius 1 is 1.44 bits per heavy atom. The number of benzene rings is 1. The van der Waals surface area contributed by atoms with Crippen LogP contribution in [0.3, 0.4) is 0 Å². The molecule has 0 spiro atoms. The fourth-order valence-corrected chi connectivity index (χ4v) is 2.17. The van der Waals surface area contributed by atoms with Gasteiger partial charge in [-0.2, -0.15) is 0 Å². The molecule has 94 valence electrons. The molecule has 0 saturated carbocycles. The minimum absolute atomic E-state index is 0.0316. The van der Waals surface area contributed by atoms with Crippen LogP contribution in [0.5, 0.6) is 5.75 Å². The molecule has 0 radical (unpaired) electrons. The Morgan fingerprint density at radius 3 is 3.00 bits per heavy atom. The molecule has 1 aromatic carbocycles. The number of hydrogen-bond acceptors (Lipinski definition) is 4. The summed E-state index contributed by atoms with van der Waals surface area (Å²) in [6.07, 6.45) is 2.74. The van der Waals surface area contributed by atoms with Crippen LogP contribution < -0.4 is 10.1 Å². The van der Waals surface area contributed by atoms with Crippen molar-refractivity contribution in [3.05, 3.63) is 41.4 Å². The predicted octanol–water partition coefficient (Wildman–Crippen LogP) is 2.72. The number of anilines is 1. The van der Waals surface area contributed by atoms with Crippen LogP contribution in [0.1, 0.15) is 12.0 Å². The van der Waals surface area contributed by atoms with E-state index in [9.17, 15) is 4.79 Å². The van der Waals surface area contributed by atoms with Gasteiger partial charge in [-0.05, 0) is 18.1 Å². The number of para-hydroxylation sites is 1. The van der Waals surface area contributed by atoms with Gasteiger partial charge in [0.15, 0.2) is 5.13 Å². The van der Waals surface area contributed by atoms with E-state index in [4.69, 9.17) is 4.74 Å². The van der Waals surface area contributed by atoms with E-state index in [1.165, 1.54) is 11.3 Å². The summed E-state index contributed by atoms with van der Waals surface area (Å²) in [5.41, 5.74) is 1.04. The van der Waals surface area contributed by atoms with Crippen molar-refractivity contribution in [3.63, 3.8) is 0 Å². The average molecular weight is 262 g/mol. The van der Waals surface area contributed by atoms with E-state index < -0.39 is 0 Å². The van der Waals surface area contributed by atoms with Crippen LogP contribution in [0.4, 0.5) is 5.13 Å². The van der Waals surface area contributed by atoms with Gasteiger partial charge in [0.25, 0.3) is 0 Å². The van der Waals surface area contributed by atoms with Crippen LogP contribution in [-0.2, 0) is 11.2 Å². The average Bonchev–Trinajstić information content (AvgIpc) is 2.89. The molecule has 0 aliphatic rings. The number of nitrogens with one attached hydrogen (secondary N) is 1. The second-order valence-electron chi connectivity index (χ2n) is 3.70. The summed E-state index contributed by atoms with van der Waals surface area (Å²) in [6.45, 7) is 0. The van der Waals surface area contributed by atoms with Crippen molar-refractivity contribution in [2.75, 3.05) is 12.4 Å². The summed E-state index contributed by atoms with van der Waals surface area (Å²) in [5.74, 6) is 0.787. The number of thiazole rings is 1. The minimum Gasteiger partial charge on any atom is -0.496 e. The van der Waals surface area contributed by atoms with Gasteiger partial charge in [0.05, 0.1) is 7.11 Å². The van der Waals surface area contributed by atoms with Crippen molar-refractivity contribution in [2.24, 2.45) is 0 Å². The minimum atomic E-state index is -0.0316. The molecule has 2 aromatic rings. The number of aryl methyl sites for hydroxylation is 1. The van der Waals surface area contributed by atoms with Gasteiger partial charge < -0.3 is 10.1 Å². The van der Waals surface area contributed by atoms with Crippen molar-refractivity contribution in [2.45, 2.75) is 12.8 Å². The van der Waals surface area contributed by atoms with Crippen LogP contribution in [0.15, 0.2) is 35.8 Å². The van der Waals surface area contributed by atoms with Gasteiger partial charge >= 0.3 is 0 Å². The fraction of sp³-hybridized carbons (Fsp3) is 0.231. The first-order chi connectivity index (χ1) is 8.79. The van der Waals surface area contributed by atoms with Gasteiger partial charge in [-0.15, -0.1) is 11.3 Å². The Labute approximate surface area is 110 Å². The molecule has 1 aromatic heterocycles. The second kappa shape index (κ2) is 6.16. The highest BCUT2D eigenvalue weighted by Crippen LogP contribution is 2.19. The number of methoxy groups -OCH3 is 1. The molecule has 0 bridgehead atoms. The summed E-state index contributed by atoms with van der Waals surface area (Å²) in [5, 5.41) is 5.23. The van der Waals surface area contributed by atoms with Crippen LogP contribution in [-0.4, -0.2) is 18.0 Å². The zero-order valence-corrected chi connectivity index (χ0v) is 10.9. The predicted molar refractivity (Wildman–Crippen MR) is 72.1 cm³/mol. The number of rotatable bonds is 5.